The monoisotopic (exact) mass is 148 g/mol. The van der Waals surface area contributed by atoms with Crippen LogP contribution >= 0.6 is 0 Å². The average Bonchev–Trinajstić information content (AvgIpc) is 2.55. The molecule has 2 rings (SSSR count). The maximum Gasteiger partial charge on any atom is 0.125 e. The highest BCUT2D eigenvalue weighted by molar-refractivity contribution is 5.89. The normalized spacial score (nSPS) is 21.6. The van der Waals surface area contributed by atoms with Crippen molar-refractivity contribution in [1.29, 1.82) is 0 Å². The smallest absolute Gasteiger partial charge is 0.125 e. The molecule has 0 amide bonds. The molecule has 0 bridgehead atoms. The van der Waals surface area contributed by atoms with Crippen molar-refractivity contribution in [1.82, 2.24) is 0 Å². The topological polar surface area (TPSA) is 45.0 Å². The van der Waals surface area contributed by atoms with E-state index in [0.29, 0.717) is 12.3 Å². The summed E-state index contributed by atoms with van der Waals surface area (Å²) < 4.78 is 0. The van der Waals surface area contributed by atoms with E-state index in [2.05, 4.69) is 9.98 Å². The molecule has 0 radical (unpaired) electrons. The van der Waals surface area contributed by atoms with E-state index in [1.807, 2.05) is 12.3 Å². The molecule has 0 saturated heterocycles. The first-order valence-corrected chi connectivity index (χ1v) is 3.53. The quantitative estimate of drug-likeness (QED) is 0.597. The minimum Gasteiger partial charge on any atom is -0.510 e. The number of hydrogen-bond acceptors (Lipinski definition) is 3. The fourth-order valence-corrected chi connectivity index (χ4v) is 1.14. The Morgan fingerprint density at radius 1 is 1.45 bits per heavy atom. The molecule has 0 aromatic rings. The van der Waals surface area contributed by atoms with Gasteiger partial charge in [0.05, 0.1) is 17.8 Å². The molecule has 3 heteroatoms. The zero-order valence-electron chi connectivity index (χ0n) is 5.99. The number of aliphatic hydroxyl groups excluding tert-OH is 1. The summed E-state index contributed by atoms with van der Waals surface area (Å²) in [5.41, 5.74) is 1.63. The molecule has 0 saturated carbocycles. The van der Waals surface area contributed by atoms with Crippen molar-refractivity contribution in [2.75, 3.05) is 6.54 Å². The minimum absolute atomic E-state index is 0.329. The second-order valence-corrected chi connectivity index (χ2v) is 2.47. The van der Waals surface area contributed by atoms with E-state index in [9.17, 15) is 5.11 Å². The van der Waals surface area contributed by atoms with Gasteiger partial charge < -0.3 is 5.11 Å². The van der Waals surface area contributed by atoms with Crippen molar-refractivity contribution >= 4 is 12.4 Å². The van der Waals surface area contributed by atoms with Gasteiger partial charge >= 0.3 is 0 Å². The van der Waals surface area contributed by atoms with Crippen LogP contribution in [0.5, 0.6) is 0 Å². The van der Waals surface area contributed by atoms with Gasteiger partial charge in [-0.2, -0.15) is 0 Å². The van der Waals surface area contributed by atoms with Crippen molar-refractivity contribution in [3.05, 3.63) is 23.1 Å². The number of aliphatic imine (C=N–C) groups is 2. The molecule has 1 N–H and O–H groups in total. The predicted octanol–water partition coefficient (Wildman–Crippen LogP) is 1.24. The van der Waals surface area contributed by atoms with Crippen LogP contribution in [0.3, 0.4) is 0 Å². The molecule has 56 valence electrons. The van der Waals surface area contributed by atoms with E-state index in [-0.39, 0.29) is 0 Å². The van der Waals surface area contributed by atoms with Gasteiger partial charge in [0.2, 0.25) is 0 Å². The Labute approximate surface area is 64.5 Å². The first-order valence-electron chi connectivity index (χ1n) is 3.53. The number of allylic oxidation sites excluding steroid dienone is 2. The summed E-state index contributed by atoms with van der Waals surface area (Å²) in [4.78, 5) is 8.02. The van der Waals surface area contributed by atoms with Crippen molar-refractivity contribution in [2.24, 2.45) is 9.98 Å². The van der Waals surface area contributed by atoms with Crippen LogP contribution in [0.2, 0.25) is 0 Å². The maximum absolute atomic E-state index is 9.29. The van der Waals surface area contributed by atoms with Crippen LogP contribution in [-0.4, -0.2) is 24.1 Å². The number of hydrogen-bond donors (Lipinski definition) is 1. The van der Waals surface area contributed by atoms with E-state index in [4.69, 9.17) is 0 Å². The lowest BCUT2D eigenvalue weighted by Gasteiger charge is -1.95. The summed E-state index contributed by atoms with van der Waals surface area (Å²) in [5, 5.41) is 9.29. The first kappa shape index (κ1) is 6.34. The van der Waals surface area contributed by atoms with Crippen molar-refractivity contribution < 1.29 is 5.11 Å². The van der Waals surface area contributed by atoms with Crippen LogP contribution in [0.15, 0.2) is 33.1 Å². The van der Waals surface area contributed by atoms with Crippen LogP contribution in [0.4, 0.5) is 0 Å². The van der Waals surface area contributed by atoms with Gasteiger partial charge in [0, 0.05) is 18.9 Å². The van der Waals surface area contributed by atoms with Crippen molar-refractivity contribution in [3.8, 4) is 0 Å². The molecule has 2 aliphatic heterocycles. The zero-order chi connectivity index (χ0) is 7.68. The van der Waals surface area contributed by atoms with Crippen molar-refractivity contribution in [3.63, 3.8) is 0 Å². The lowest BCUT2D eigenvalue weighted by atomic mass is 10.2. The van der Waals surface area contributed by atoms with Crippen LogP contribution in [-0.2, 0) is 0 Å². The van der Waals surface area contributed by atoms with Crippen LogP contribution in [0.1, 0.15) is 6.42 Å². The maximum atomic E-state index is 9.29. The fourth-order valence-electron chi connectivity index (χ4n) is 1.14. The highest BCUT2D eigenvalue weighted by Gasteiger charge is 2.13. The number of nitrogens with zero attached hydrogens (tertiary/aromatic N) is 2. The largest absolute Gasteiger partial charge is 0.510 e. The number of rotatable bonds is 1. The first-order chi connectivity index (χ1) is 5.38. The molecule has 0 fully saturated rings. The van der Waals surface area contributed by atoms with E-state index < -0.39 is 0 Å². The van der Waals surface area contributed by atoms with Crippen LogP contribution in [0.25, 0.3) is 0 Å². The molecule has 0 unspecified atom stereocenters. The Morgan fingerprint density at radius 3 is 2.91 bits per heavy atom. The molecular formula is C8H8N2O. The molecule has 0 spiro atoms. The molecule has 0 atom stereocenters. The summed E-state index contributed by atoms with van der Waals surface area (Å²) >= 11 is 0. The Morgan fingerprint density at radius 2 is 2.36 bits per heavy atom. The average molecular weight is 148 g/mol. The second kappa shape index (κ2) is 2.34. The molecule has 3 nitrogen and oxygen atoms in total. The van der Waals surface area contributed by atoms with Gasteiger partial charge in [-0.15, -0.1) is 0 Å². The second-order valence-electron chi connectivity index (χ2n) is 2.47. The Hall–Kier alpha value is -1.38. The third kappa shape index (κ3) is 0.981. The van der Waals surface area contributed by atoms with Crippen molar-refractivity contribution in [2.45, 2.75) is 6.42 Å². The molecule has 0 aromatic carbocycles. The summed E-state index contributed by atoms with van der Waals surface area (Å²) in [5.74, 6) is 0.329. The molecular weight excluding hydrogens is 140 g/mol. The summed E-state index contributed by atoms with van der Waals surface area (Å²) in [6, 6.07) is 0. The van der Waals surface area contributed by atoms with Gasteiger partial charge in [0.1, 0.15) is 5.76 Å². The van der Waals surface area contributed by atoms with E-state index in [1.165, 1.54) is 0 Å². The third-order valence-electron chi connectivity index (χ3n) is 1.70. The molecule has 0 aliphatic carbocycles. The fraction of sp³-hybridized carbons (Fsp3) is 0.250. The van der Waals surface area contributed by atoms with Crippen LogP contribution < -0.4 is 0 Å². The molecule has 2 aliphatic rings. The van der Waals surface area contributed by atoms with E-state index in [1.54, 1.807) is 6.21 Å². The summed E-state index contributed by atoms with van der Waals surface area (Å²) in [6.07, 6.45) is 6.33. The molecule has 11 heavy (non-hydrogen) atoms. The Balaban J connectivity index is 2.34. The predicted molar refractivity (Wildman–Crippen MR) is 44.2 cm³/mol. The van der Waals surface area contributed by atoms with Gasteiger partial charge in [0.15, 0.2) is 0 Å². The zero-order valence-corrected chi connectivity index (χ0v) is 5.99. The van der Waals surface area contributed by atoms with E-state index >= 15 is 0 Å². The number of aliphatic hydroxyl groups is 1. The SMILES string of the molecule is OC1=C(C2=CCC=N2)C=NC1. The third-order valence-corrected chi connectivity index (χ3v) is 1.70. The summed E-state index contributed by atoms with van der Waals surface area (Å²) in [7, 11) is 0. The minimum atomic E-state index is 0.329. The Kier molecular flexibility index (Phi) is 1.35. The van der Waals surface area contributed by atoms with Gasteiger partial charge in [-0.1, -0.05) is 6.08 Å². The van der Waals surface area contributed by atoms with Gasteiger partial charge in [-0.25, -0.2) is 0 Å². The standard InChI is InChI=1S/C8H8N2O/c11-8-5-9-4-6(8)7-2-1-3-10-7/h2-4,11H,1,5H2. The van der Waals surface area contributed by atoms with Gasteiger partial charge in [-0.3, -0.25) is 9.98 Å². The highest BCUT2D eigenvalue weighted by Crippen LogP contribution is 2.20. The lowest BCUT2D eigenvalue weighted by molar-refractivity contribution is 0.405. The summed E-state index contributed by atoms with van der Waals surface area (Å²) in [6.45, 7) is 0.405. The molecule has 2 heterocycles. The van der Waals surface area contributed by atoms with E-state index in [0.717, 1.165) is 17.7 Å². The molecule has 0 aromatic heterocycles. The van der Waals surface area contributed by atoms with Gasteiger partial charge in [0.25, 0.3) is 0 Å². The Bertz CT molecular complexity index is 297. The van der Waals surface area contributed by atoms with Crippen LogP contribution in [0, 0.1) is 0 Å². The lowest BCUT2D eigenvalue weighted by Crippen LogP contribution is -1.89. The highest BCUT2D eigenvalue weighted by atomic mass is 16.3. The van der Waals surface area contributed by atoms with Gasteiger partial charge in [-0.05, 0) is 0 Å².